The maximum atomic E-state index is 5.73. The van der Waals surface area contributed by atoms with Crippen molar-refractivity contribution < 1.29 is 0 Å². The van der Waals surface area contributed by atoms with Gasteiger partial charge < -0.3 is 5.73 Å². The van der Waals surface area contributed by atoms with Gasteiger partial charge in [0.25, 0.3) is 0 Å². The fourth-order valence-electron chi connectivity index (χ4n) is 1.69. The smallest absolute Gasteiger partial charge is 0.148 e. The molecule has 0 radical (unpaired) electrons. The van der Waals surface area contributed by atoms with Crippen LogP contribution in [0.5, 0.6) is 0 Å². The van der Waals surface area contributed by atoms with Crippen LogP contribution in [0.1, 0.15) is 16.8 Å². The van der Waals surface area contributed by atoms with Gasteiger partial charge in [-0.2, -0.15) is 0 Å². The summed E-state index contributed by atoms with van der Waals surface area (Å²) in [6.07, 6.45) is 5.20. The Balaban J connectivity index is 2.72. The number of nitrogens with two attached hydrogens (primary N) is 1. The van der Waals surface area contributed by atoms with Crippen molar-refractivity contribution in [1.82, 2.24) is 14.5 Å². The predicted octanol–water partition coefficient (Wildman–Crippen LogP) is 1.52. The number of imidazole rings is 1. The average Bonchev–Trinajstić information content (AvgIpc) is 2.67. The number of hydrogen-bond donors (Lipinski definition) is 1. The van der Waals surface area contributed by atoms with E-state index in [9.17, 15) is 0 Å². The number of pyridine rings is 1. The van der Waals surface area contributed by atoms with Crippen molar-refractivity contribution in [3.8, 4) is 5.82 Å². The molecule has 0 atom stereocenters. The highest BCUT2D eigenvalue weighted by atomic mass is 32.1. The lowest BCUT2D eigenvalue weighted by Crippen LogP contribution is -2.16. The maximum absolute atomic E-state index is 5.73. The Morgan fingerprint density at radius 1 is 1.44 bits per heavy atom. The van der Waals surface area contributed by atoms with Crippen molar-refractivity contribution in [2.24, 2.45) is 5.73 Å². The van der Waals surface area contributed by atoms with Crippen molar-refractivity contribution >= 4 is 17.2 Å². The van der Waals surface area contributed by atoms with Gasteiger partial charge in [0.15, 0.2) is 0 Å². The summed E-state index contributed by atoms with van der Waals surface area (Å²) in [6.45, 7) is 3.92. The Morgan fingerprint density at radius 3 is 2.75 bits per heavy atom. The number of thiocarbonyl (C=S) groups is 1. The van der Waals surface area contributed by atoms with Gasteiger partial charge in [-0.25, -0.2) is 9.97 Å². The van der Waals surface area contributed by atoms with Gasteiger partial charge in [-0.1, -0.05) is 12.2 Å². The van der Waals surface area contributed by atoms with E-state index in [0.717, 1.165) is 22.6 Å². The standard InChI is InChI=1S/C11H12N4S/c1-7-5-8(2)14-11(9(7)10(12)16)15-4-3-13-6-15/h3-6H,1-2H3,(H2,12,16). The van der Waals surface area contributed by atoms with E-state index in [1.807, 2.05) is 30.7 Å². The van der Waals surface area contributed by atoms with Crippen LogP contribution in [0.2, 0.25) is 0 Å². The molecule has 0 aliphatic heterocycles. The summed E-state index contributed by atoms with van der Waals surface area (Å²) < 4.78 is 1.81. The van der Waals surface area contributed by atoms with Gasteiger partial charge in [-0.15, -0.1) is 0 Å². The first-order valence-corrected chi connectivity index (χ1v) is 5.27. The molecule has 0 aliphatic carbocycles. The molecular formula is C11H12N4S. The molecular weight excluding hydrogens is 220 g/mol. The number of aryl methyl sites for hydroxylation is 2. The maximum Gasteiger partial charge on any atom is 0.148 e. The van der Waals surface area contributed by atoms with Gasteiger partial charge in [-0.05, 0) is 25.5 Å². The molecule has 2 N–H and O–H groups in total. The third-order valence-corrected chi connectivity index (χ3v) is 2.53. The van der Waals surface area contributed by atoms with E-state index in [1.165, 1.54) is 0 Å². The monoisotopic (exact) mass is 232 g/mol. The van der Waals surface area contributed by atoms with Crippen molar-refractivity contribution in [2.45, 2.75) is 13.8 Å². The molecule has 16 heavy (non-hydrogen) atoms. The fraction of sp³-hybridized carbons (Fsp3) is 0.182. The Morgan fingerprint density at radius 2 is 2.19 bits per heavy atom. The Bertz CT molecular complexity index is 531. The van der Waals surface area contributed by atoms with E-state index >= 15 is 0 Å². The second-order valence-corrected chi connectivity index (χ2v) is 4.05. The van der Waals surface area contributed by atoms with Crippen LogP contribution in [0.25, 0.3) is 5.82 Å². The molecule has 0 aliphatic rings. The van der Waals surface area contributed by atoms with Gasteiger partial charge >= 0.3 is 0 Å². The molecule has 0 saturated heterocycles. The fourth-order valence-corrected chi connectivity index (χ4v) is 1.95. The van der Waals surface area contributed by atoms with Gasteiger partial charge in [-0.3, -0.25) is 4.57 Å². The van der Waals surface area contributed by atoms with Crippen LogP contribution in [0, 0.1) is 13.8 Å². The second-order valence-electron chi connectivity index (χ2n) is 3.61. The highest BCUT2D eigenvalue weighted by molar-refractivity contribution is 7.80. The van der Waals surface area contributed by atoms with Gasteiger partial charge in [0.1, 0.15) is 17.1 Å². The zero-order valence-corrected chi connectivity index (χ0v) is 9.95. The second kappa shape index (κ2) is 4.02. The summed E-state index contributed by atoms with van der Waals surface area (Å²) in [5.74, 6) is 0.738. The van der Waals surface area contributed by atoms with Crippen LogP contribution in [0.3, 0.4) is 0 Å². The third kappa shape index (κ3) is 1.81. The first kappa shape index (κ1) is 10.8. The quantitative estimate of drug-likeness (QED) is 0.798. The Labute approximate surface area is 99.1 Å². The number of aromatic nitrogens is 3. The molecule has 0 spiro atoms. The van der Waals surface area contributed by atoms with Gasteiger partial charge in [0.2, 0.25) is 0 Å². The van der Waals surface area contributed by atoms with Crippen molar-refractivity contribution in [3.05, 3.63) is 41.6 Å². The molecule has 0 aromatic carbocycles. The zero-order valence-electron chi connectivity index (χ0n) is 9.14. The molecule has 82 valence electrons. The van der Waals surface area contributed by atoms with E-state index in [2.05, 4.69) is 9.97 Å². The van der Waals surface area contributed by atoms with E-state index in [0.29, 0.717) is 4.99 Å². The van der Waals surface area contributed by atoms with Gasteiger partial charge in [0.05, 0.1) is 5.56 Å². The van der Waals surface area contributed by atoms with Gasteiger partial charge in [0, 0.05) is 18.1 Å². The first-order valence-electron chi connectivity index (χ1n) is 4.86. The van der Waals surface area contributed by atoms with Crippen LogP contribution in [0.4, 0.5) is 0 Å². The number of hydrogen-bond acceptors (Lipinski definition) is 3. The predicted molar refractivity (Wildman–Crippen MR) is 66.7 cm³/mol. The molecule has 2 rings (SSSR count). The summed E-state index contributed by atoms with van der Waals surface area (Å²) in [5, 5.41) is 0. The van der Waals surface area contributed by atoms with Crippen molar-refractivity contribution in [1.29, 1.82) is 0 Å². The highest BCUT2D eigenvalue weighted by Crippen LogP contribution is 2.17. The molecule has 2 heterocycles. The van der Waals surface area contributed by atoms with Crippen LogP contribution in [0.15, 0.2) is 24.8 Å². The first-order chi connectivity index (χ1) is 7.59. The largest absolute Gasteiger partial charge is 0.389 e. The normalized spacial score (nSPS) is 10.4. The summed E-state index contributed by atoms with van der Waals surface area (Å²) in [7, 11) is 0. The van der Waals surface area contributed by atoms with E-state index in [1.54, 1.807) is 12.5 Å². The molecule has 2 aromatic rings. The van der Waals surface area contributed by atoms with E-state index in [-0.39, 0.29) is 0 Å². The Kier molecular flexibility index (Phi) is 2.70. The molecule has 0 bridgehead atoms. The SMILES string of the molecule is Cc1cc(C)c(C(N)=S)c(-n2ccnc2)n1. The average molecular weight is 232 g/mol. The topological polar surface area (TPSA) is 56.7 Å². The summed E-state index contributed by atoms with van der Waals surface area (Å²) in [5.41, 5.74) is 8.50. The lowest BCUT2D eigenvalue weighted by molar-refractivity contribution is 0.965. The molecule has 2 aromatic heterocycles. The summed E-state index contributed by atoms with van der Waals surface area (Å²) >= 11 is 5.06. The lowest BCUT2D eigenvalue weighted by atomic mass is 10.1. The number of nitrogens with zero attached hydrogens (tertiary/aromatic N) is 3. The lowest BCUT2D eigenvalue weighted by Gasteiger charge is -2.12. The number of rotatable bonds is 2. The molecule has 0 saturated carbocycles. The minimum absolute atomic E-state index is 0.355. The van der Waals surface area contributed by atoms with Crippen LogP contribution < -0.4 is 5.73 Å². The van der Waals surface area contributed by atoms with Crippen molar-refractivity contribution in [3.63, 3.8) is 0 Å². The van der Waals surface area contributed by atoms with Crippen LogP contribution in [-0.4, -0.2) is 19.5 Å². The minimum atomic E-state index is 0.355. The van der Waals surface area contributed by atoms with E-state index < -0.39 is 0 Å². The zero-order chi connectivity index (χ0) is 11.7. The minimum Gasteiger partial charge on any atom is -0.389 e. The Hall–Kier alpha value is -1.75. The molecule has 0 fully saturated rings. The molecule has 0 unspecified atom stereocenters. The molecule has 4 nitrogen and oxygen atoms in total. The van der Waals surface area contributed by atoms with Crippen LogP contribution in [-0.2, 0) is 0 Å². The highest BCUT2D eigenvalue weighted by Gasteiger charge is 2.12. The molecule has 0 amide bonds. The summed E-state index contributed by atoms with van der Waals surface area (Å²) in [6, 6.07) is 1.97. The van der Waals surface area contributed by atoms with Crippen LogP contribution >= 0.6 is 12.2 Å². The third-order valence-electron chi connectivity index (χ3n) is 2.32. The van der Waals surface area contributed by atoms with Crippen molar-refractivity contribution in [2.75, 3.05) is 0 Å². The molecule has 5 heteroatoms. The summed E-state index contributed by atoms with van der Waals surface area (Å²) in [4.78, 5) is 8.81. The van der Waals surface area contributed by atoms with E-state index in [4.69, 9.17) is 18.0 Å².